The van der Waals surface area contributed by atoms with Crippen molar-refractivity contribution in [3.8, 4) is 0 Å². The SMILES string of the molecule is COC(=O)C(=O)NCc1nncn1C. The van der Waals surface area contributed by atoms with Crippen LogP contribution in [0.3, 0.4) is 0 Å². The first-order chi connectivity index (χ1) is 6.65. The Morgan fingerprint density at radius 2 is 2.36 bits per heavy atom. The molecule has 1 heterocycles. The summed E-state index contributed by atoms with van der Waals surface area (Å²) < 4.78 is 5.85. The smallest absolute Gasteiger partial charge is 0.396 e. The number of nitrogens with zero attached hydrogens (tertiary/aromatic N) is 3. The second-order valence-corrected chi connectivity index (χ2v) is 2.53. The topological polar surface area (TPSA) is 86.1 Å². The maximum atomic E-state index is 10.9. The maximum Gasteiger partial charge on any atom is 0.396 e. The molecule has 1 rings (SSSR count). The highest BCUT2D eigenvalue weighted by atomic mass is 16.5. The highest BCUT2D eigenvalue weighted by Crippen LogP contribution is 1.89. The quantitative estimate of drug-likeness (QED) is 0.466. The fourth-order valence-electron chi connectivity index (χ4n) is 0.791. The van der Waals surface area contributed by atoms with Crippen LogP contribution in [0.4, 0.5) is 0 Å². The van der Waals surface area contributed by atoms with Gasteiger partial charge in [0.25, 0.3) is 0 Å². The van der Waals surface area contributed by atoms with Crippen LogP contribution in [0.1, 0.15) is 5.82 Å². The highest BCUT2D eigenvalue weighted by molar-refractivity contribution is 6.32. The average molecular weight is 198 g/mol. The van der Waals surface area contributed by atoms with E-state index in [0.29, 0.717) is 5.82 Å². The van der Waals surface area contributed by atoms with Crippen LogP contribution in [0.5, 0.6) is 0 Å². The summed E-state index contributed by atoms with van der Waals surface area (Å²) >= 11 is 0. The highest BCUT2D eigenvalue weighted by Gasteiger charge is 2.13. The summed E-state index contributed by atoms with van der Waals surface area (Å²) in [5.41, 5.74) is 0. The molecule has 0 atom stereocenters. The molecule has 0 saturated heterocycles. The predicted molar refractivity (Wildman–Crippen MR) is 44.9 cm³/mol. The third-order valence-electron chi connectivity index (χ3n) is 1.58. The van der Waals surface area contributed by atoms with Crippen LogP contribution in [0.2, 0.25) is 0 Å². The average Bonchev–Trinajstić information content (AvgIpc) is 2.59. The zero-order valence-corrected chi connectivity index (χ0v) is 7.85. The number of rotatable bonds is 2. The first-order valence-electron chi connectivity index (χ1n) is 3.84. The standard InChI is InChI=1S/C7H10N4O3/c1-11-4-9-10-5(11)3-8-6(12)7(13)14-2/h4H,3H2,1-2H3,(H,8,12). The Hall–Kier alpha value is -1.92. The normalized spacial score (nSPS) is 9.57. The molecular weight excluding hydrogens is 188 g/mol. The van der Waals surface area contributed by atoms with Gasteiger partial charge in [0.1, 0.15) is 6.33 Å². The number of nitrogens with one attached hydrogen (secondary N) is 1. The summed E-state index contributed by atoms with van der Waals surface area (Å²) in [6.07, 6.45) is 1.50. The lowest BCUT2D eigenvalue weighted by atomic mass is 10.5. The number of aromatic nitrogens is 3. The van der Waals surface area contributed by atoms with Crippen LogP contribution in [-0.2, 0) is 27.9 Å². The van der Waals surface area contributed by atoms with Gasteiger partial charge in [-0.15, -0.1) is 10.2 Å². The van der Waals surface area contributed by atoms with Crippen LogP contribution in [0, 0.1) is 0 Å². The number of amides is 1. The van der Waals surface area contributed by atoms with E-state index in [4.69, 9.17) is 0 Å². The zero-order valence-electron chi connectivity index (χ0n) is 7.85. The van der Waals surface area contributed by atoms with Gasteiger partial charge in [0, 0.05) is 7.05 Å². The number of carbonyl (C=O) groups is 2. The predicted octanol–water partition coefficient (Wildman–Crippen LogP) is -1.40. The van der Waals surface area contributed by atoms with Gasteiger partial charge < -0.3 is 14.6 Å². The van der Waals surface area contributed by atoms with Crippen molar-refractivity contribution in [2.75, 3.05) is 7.11 Å². The molecule has 7 nitrogen and oxygen atoms in total. The molecule has 1 aromatic rings. The summed E-state index contributed by atoms with van der Waals surface area (Å²) in [5, 5.41) is 9.67. The second-order valence-electron chi connectivity index (χ2n) is 2.53. The van der Waals surface area contributed by atoms with E-state index in [0.717, 1.165) is 7.11 Å². The molecule has 14 heavy (non-hydrogen) atoms. The molecule has 0 saturated carbocycles. The Labute approximate surface area is 80.1 Å². The van der Waals surface area contributed by atoms with Gasteiger partial charge in [-0.25, -0.2) is 4.79 Å². The fraction of sp³-hybridized carbons (Fsp3) is 0.429. The van der Waals surface area contributed by atoms with Gasteiger partial charge in [0.05, 0.1) is 13.7 Å². The van der Waals surface area contributed by atoms with E-state index in [1.54, 1.807) is 11.6 Å². The zero-order chi connectivity index (χ0) is 10.6. The molecule has 0 aliphatic carbocycles. The van der Waals surface area contributed by atoms with Crippen LogP contribution >= 0.6 is 0 Å². The van der Waals surface area contributed by atoms with Crippen molar-refractivity contribution in [3.63, 3.8) is 0 Å². The van der Waals surface area contributed by atoms with Gasteiger partial charge in [-0.05, 0) is 0 Å². The number of methoxy groups -OCH3 is 1. The Morgan fingerprint density at radius 1 is 1.64 bits per heavy atom. The lowest BCUT2D eigenvalue weighted by Crippen LogP contribution is -2.32. The molecule has 0 unspecified atom stereocenters. The molecule has 7 heteroatoms. The summed E-state index contributed by atoms with van der Waals surface area (Å²) in [5.74, 6) is -1.16. The number of ether oxygens (including phenoxy) is 1. The fourth-order valence-corrected chi connectivity index (χ4v) is 0.791. The Morgan fingerprint density at radius 3 is 2.86 bits per heavy atom. The van der Waals surface area contributed by atoms with Crippen molar-refractivity contribution in [2.45, 2.75) is 6.54 Å². The summed E-state index contributed by atoms with van der Waals surface area (Å²) in [6, 6.07) is 0. The second kappa shape index (κ2) is 4.35. The molecule has 0 aliphatic heterocycles. The van der Waals surface area contributed by atoms with Gasteiger partial charge in [0.2, 0.25) is 0 Å². The van der Waals surface area contributed by atoms with E-state index in [-0.39, 0.29) is 6.54 Å². The molecule has 0 radical (unpaired) electrons. The largest absolute Gasteiger partial charge is 0.462 e. The third kappa shape index (κ3) is 2.28. The van der Waals surface area contributed by atoms with Crippen molar-refractivity contribution in [3.05, 3.63) is 12.2 Å². The molecule has 0 aliphatic rings. The minimum atomic E-state index is -0.924. The van der Waals surface area contributed by atoms with Crippen LogP contribution < -0.4 is 5.32 Å². The Balaban J connectivity index is 2.45. The van der Waals surface area contributed by atoms with Crippen LogP contribution in [0.15, 0.2) is 6.33 Å². The van der Waals surface area contributed by atoms with Crippen LogP contribution in [-0.4, -0.2) is 33.8 Å². The van der Waals surface area contributed by atoms with E-state index in [2.05, 4.69) is 20.3 Å². The molecule has 0 spiro atoms. The van der Waals surface area contributed by atoms with E-state index < -0.39 is 11.9 Å². The minimum absolute atomic E-state index is 0.143. The van der Waals surface area contributed by atoms with E-state index in [9.17, 15) is 9.59 Å². The van der Waals surface area contributed by atoms with Gasteiger partial charge in [-0.3, -0.25) is 4.79 Å². The molecule has 0 fully saturated rings. The lowest BCUT2D eigenvalue weighted by Gasteiger charge is -2.02. The van der Waals surface area contributed by atoms with Gasteiger partial charge in [0.15, 0.2) is 5.82 Å². The maximum absolute atomic E-state index is 10.9. The number of aryl methyl sites for hydroxylation is 1. The number of esters is 1. The number of carbonyl (C=O) groups excluding carboxylic acids is 2. The molecule has 0 aromatic carbocycles. The van der Waals surface area contributed by atoms with E-state index >= 15 is 0 Å². The summed E-state index contributed by atoms with van der Waals surface area (Å²) in [7, 11) is 2.88. The summed E-state index contributed by atoms with van der Waals surface area (Å²) in [6.45, 7) is 0.143. The van der Waals surface area contributed by atoms with Gasteiger partial charge in [-0.2, -0.15) is 0 Å². The molecule has 76 valence electrons. The molecule has 0 bridgehead atoms. The first kappa shape index (κ1) is 10.2. The molecular formula is C7H10N4O3. The van der Waals surface area contributed by atoms with E-state index in [1.165, 1.54) is 6.33 Å². The first-order valence-corrected chi connectivity index (χ1v) is 3.84. The lowest BCUT2D eigenvalue weighted by molar-refractivity contribution is -0.152. The van der Waals surface area contributed by atoms with Crippen molar-refractivity contribution in [1.82, 2.24) is 20.1 Å². The van der Waals surface area contributed by atoms with Crippen molar-refractivity contribution >= 4 is 11.9 Å². The van der Waals surface area contributed by atoms with E-state index in [1.807, 2.05) is 0 Å². The Kier molecular flexibility index (Phi) is 3.16. The summed E-state index contributed by atoms with van der Waals surface area (Å²) in [4.78, 5) is 21.6. The minimum Gasteiger partial charge on any atom is -0.462 e. The third-order valence-corrected chi connectivity index (χ3v) is 1.58. The number of hydrogen-bond donors (Lipinski definition) is 1. The molecule has 1 amide bonds. The van der Waals surface area contributed by atoms with Gasteiger partial charge >= 0.3 is 11.9 Å². The van der Waals surface area contributed by atoms with Crippen molar-refractivity contribution < 1.29 is 14.3 Å². The Bertz CT molecular complexity index is 346. The van der Waals surface area contributed by atoms with Gasteiger partial charge in [-0.1, -0.05) is 0 Å². The molecule has 1 aromatic heterocycles. The van der Waals surface area contributed by atoms with Crippen molar-refractivity contribution in [1.29, 1.82) is 0 Å². The monoisotopic (exact) mass is 198 g/mol. The van der Waals surface area contributed by atoms with Crippen molar-refractivity contribution in [2.24, 2.45) is 7.05 Å². The molecule has 1 N–H and O–H groups in total. The van der Waals surface area contributed by atoms with Crippen LogP contribution in [0.25, 0.3) is 0 Å². The number of hydrogen-bond acceptors (Lipinski definition) is 5.